The summed E-state index contributed by atoms with van der Waals surface area (Å²) in [6.07, 6.45) is 10.5. The molecular formula is C19H21BrN2O2. The van der Waals surface area contributed by atoms with Crippen LogP contribution < -0.4 is 4.74 Å². The topological polar surface area (TPSA) is 34.6 Å². The fourth-order valence-electron chi connectivity index (χ4n) is 3.57. The van der Waals surface area contributed by atoms with Crippen LogP contribution in [0.5, 0.6) is 5.75 Å². The molecule has 1 saturated carbocycles. The predicted octanol–water partition coefficient (Wildman–Crippen LogP) is 4.70. The number of para-hydroxylation sites is 1. The number of halogens is 1. The first-order chi connectivity index (χ1) is 11.8. The second-order valence-corrected chi connectivity index (χ2v) is 7.38. The molecule has 2 aromatic rings. The number of ether oxygens (including phenoxy) is 1. The largest absolute Gasteiger partial charge is 0.490 e. The van der Waals surface area contributed by atoms with Gasteiger partial charge in [-0.3, -0.25) is 4.98 Å². The first-order valence-electron chi connectivity index (χ1n) is 8.56. The number of hydroxylamine groups is 2. The van der Waals surface area contributed by atoms with E-state index in [2.05, 4.69) is 33.1 Å². The molecule has 1 aliphatic heterocycles. The molecule has 0 spiro atoms. The van der Waals surface area contributed by atoms with Crippen LogP contribution in [0.25, 0.3) is 10.9 Å². The molecule has 126 valence electrons. The van der Waals surface area contributed by atoms with Crippen LogP contribution in [-0.2, 0) is 4.84 Å². The summed E-state index contributed by atoms with van der Waals surface area (Å²) >= 11 is 3.57. The lowest BCUT2D eigenvalue weighted by Crippen LogP contribution is -2.31. The third-order valence-electron chi connectivity index (χ3n) is 4.85. The monoisotopic (exact) mass is 388 g/mol. The molecule has 0 radical (unpaired) electrons. The normalized spacial score (nSPS) is 24.2. The van der Waals surface area contributed by atoms with E-state index in [1.807, 2.05) is 29.5 Å². The summed E-state index contributed by atoms with van der Waals surface area (Å²) in [7, 11) is 0. The average Bonchev–Trinajstić information content (AvgIpc) is 3.11. The summed E-state index contributed by atoms with van der Waals surface area (Å²) < 4.78 is 7.33. The highest BCUT2D eigenvalue weighted by atomic mass is 79.9. The van der Waals surface area contributed by atoms with Crippen LogP contribution in [0.4, 0.5) is 0 Å². The standard InChI is InChI=1S/C19H21BrN2O2/c20-17-4-1-3-16-18(9-10-21-19(16)17)24-15-7-5-14(6-8-15)13-22-11-2-12-23-22/h1-4,9-10,12,14-15H,5-8,11,13H2. The molecule has 5 heteroatoms. The van der Waals surface area contributed by atoms with Crippen LogP contribution in [0, 0.1) is 5.92 Å². The number of pyridine rings is 1. The molecule has 1 fully saturated rings. The lowest BCUT2D eigenvalue weighted by atomic mass is 9.87. The van der Waals surface area contributed by atoms with E-state index >= 15 is 0 Å². The van der Waals surface area contributed by atoms with Crippen molar-refractivity contribution in [3.05, 3.63) is 47.3 Å². The van der Waals surface area contributed by atoms with Crippen molar-refractivity contribution in [3.63, 3.8) is 0 Å². The van der Waals surface area contributed by atoms with Crippen molar-refractivity contribution in [1.29, 1.82) is 0 Å². The molecule has 1 aliphatic carbocycles. The molecule has 24 heavy (non-hydrogen) atoms. The second-order valence-electron chi connectivity index (χ2n) is 6.53. The zero-order valence-corrected chi connectivity index (χ0v) is 15.1. The Hall–Kier alpha value is -1.59. The molecule has 0 amide bonds. The Morgan fingerprint density at radius 3 is 2.88 bits per heavy atom. The van der Waals surface area contributed by atoms with Gasteiger partial charge in [0.1, 0.15) is 12.0 Å². The fourth-order valence-corrected chi connectivity index (χ4v) is 4.04. The van der Waals surface area contributed by atoms with E-state index in [0.29, 0.717) is 12.0 Å². The number of rotatable bonds is 4. The fraction of sp³-hybridized carbons (Fsp3) is 0.421. The number of aromatic nitrogens is 1. The van der Waals surface area contributed by atoms with Crippen LogP contribution in [0.1, 0.15) is 25.7 Å². The smallest absolute Gasteiger partial charge is 0.130 e. The highest BCUT2D eigenvalue weighted by Gasteiger charge is 2.25. The van der Waals surface area contributed by atoms with Gasteiger partial charge in [-0.15, -0.1) is 5.06 Å². The van der Waals surface area contributed by atoms with Crippen molar-refractivity contribution in [2.45, 2.75) is 31.8 Å². The van der Waals surface area contributed by atoms with Gasteiger partial charge in [0.25, 0.3) is 0 Å². The Bertz CT molecular complexity index is 733. The van der Waals surface area contributed by atoms with E-state index in [4.69, 9.17) is 9.57 Å². The predicted molar refractivity (Wildman–Crippen MR) is 97.6 cm³/mol. The summed E-state index contributed by atoms with van der Waals surface area (Å²) in [5, 5.41) is 3.12. The maximum atomic E-state index is 6.32. The number of hydrogen-bond acceptors (Lipinski definition) is 4. The van der Waals surface area contributed by atoms with Gasteiger partial charge in [0, 0.05) is 22.6 Å². The van der Waals surface area contributed by atoms with Crippen LogP contribution >= 0.6 is 15.9 Å². The second kappa shape index (κ2) is 7.11. The van der Waals surface area contributed by atoms with Crippen molar-refractivity contribution < 1.29 is 9.57 Å². The van der Waals surface area contributed by atoms with Crippen LogP contribution in [-0.4, -0.2) is 29.2 Å². The summed E-state index contributed by atoms with van der Waals surface area (Å²) in [5.74, 6) is 1.64. The van der Waals surface area contributed by atoms with E-state index in [0.717, 1.165) is 47.1 Å². The van der Waals surface area contributed by atoms with Gasteiger partial charge in [0.05, 0.1) is 18.2 Å². The molecule has 0 unspecified atom stereocenters. The van der Waals surface area contributed by atoms with Gasteiger partial charge >= 0.3 is 0 Å². The highest BCUT2D eigenvalue weighted by Crippen LogP contribution is 2.33. The van der Waals surface area contributed by atoms with E-state index in [1.54, 1.807) is 6.26 Å². The maximum absolute atomic E-state index is 6.32. The minimum Gasteiger partial charge on any atom is -0.490 e. The van der Waals surface area contributed by atoms with Gasteiger partial charge in [-0.2, -0.15) is 0 Å². The number of fused-ring (bicyclic) bond motifs is 1. The molecule has 1 aromatic heterocycles. The Morgan fingerprint density at radius 1 is 1.21 bits per heavy atom. The minimum absolute atomic E-state index is 0.295. The van der Waals surface area contributed by atoms with Gasteiger partial charge in [-0.05, 0) is 71.8 Å². The van der Waals surface area contributed by atoms with E-state index in [1.165, 1.54) is 12.8 Å². The van der Waals surface area contributed by atoms with E-state index < -0.39 is 0 Å². The zero-order chi connectivity index (χ0) is 16.4. The van der Waals surface area contributed by atoms with Crippen molar-refractivity contribution in [3.8, 4) is 5.75 Å². The van der Waals surface area contributed by atoms with E-state index in [9.17, 15) is 0 Å². The quantitative estimate of drug-likeness (QED) is 0.760. The first kappa shape index (κ1) is 15.9. The van der Waals surface area contributed by atoms with Crippen molar-refractivity contribution in [2.24, 2.45) is 5.92 Å². The summed E-state index contributed by atoms with van der Waals surface area (Å²) in [6.45, 7) is 1.93. The maximum Gasteiger partial charge on any atom is 0.130 e. The van der Waals surface area contributed by atoms with Crippen LogP contribution in [0.3, 0.4) is 0 Å². The Balaban J connectivity index is 1.38. The highest BCUT2D eigenvalue weighted by molar-refractivity contribution is 9.10. The number of nitrogens with zero attached hydrogens (tertiary/aromatic N) is 2. The van der Waals surface area contributed by atoms with Gasteiger partial charge < -0.3 is 9.57 Å². The SMILES string of the molecule is Brc1cccc2c(OC3CCC(CN4CC=CO4)CC3)ccnc12. The van der Waals surface area contributed by atoms with Crippen LogP contribution in [0.15, 0.2) is 47.3 Å². The average molecular weight is 389 g/mol. The molecule has 2 aliphatic rings. The lowest BCUT2D eigenvalue weighted by molar-refractivity contribution is -0.0905. The number of benzene rings is 1. The van der Waals surface area contributed by atoms with Crippen molar-refractivity contribution in [2.75, 3.05) is 13.1 Å². The van der Waals surface area contributed by atoms with Crippen LogP contribution in [0.2, 0.25) is 0 Å². The van der Waals surface area contributed by atoms with Gasteiger partial charge in [0.2, 0.25) is 0 Å². The van der Waals surface area contributed by atoms with Gasteiger partial charge in [-0.25, -0.2) is 0 Å². The molecule has 0 atom stereocenters. The van der Waals surface area contributed by atoms with Gasteiger partial charge in [0.15, 0.2) is 0 Å². The Morgan fingerprint density at radius 2 is 2.08 bits per heavy atom. The zero-order valence-electron chi connectivity index (χ0n) is 13.5. The molecule has 0 N–H and O–H groups in total. The third kappa shape index (κ3) is 3.42. The number of hydrogen-bond donors (Lipinski definition) is 0. The minimum atomic E-state index is 0.295. The first-order valence-corrected chi connectivity index (χ1v) is 9.35. The van der Waals surface area contributed by atoms with Crippen molar-refractivity contribution >= 4 is 26.8 Å². The third-order valence-corrected chi connectivity index (χ3v) is 5.49. The molecule has 0 saturated heterocycles. The Labute approximate surface area is 150 Å². The molecule has 4 nitrogen and oxygen atoms in total. The molecular weight excluding hydrogens is 368 g/mol. The summed E-state index contributed by atoms with van der Waals surface area (Å²) in [4.78, 5) is 9.90. The van der Waals surface area contributed by atoms with Crippen molar-refractivity contribution in [1.82, 2.24) is 10.0 Å². The Kier molecular flexibility index (Phi) is 4.72. The summed E-state index contributed by atoms with van der Waals surface area (Å²) in [6, 6.07) is 8.10. The molecule has 0 bridgehead atoms. The molecule has 2 heterocycles. The molecule has 4 rings (SSSR count). The van der Waals surface area contributed by atoms with Gasteiger partial charge in [-0.1, -0.05) is 6.07 Å². The van der Waals surface area contributed by atoms with E-state index in [-0.39, 0.29) is 0 Å². The summed E-state index contributed by atoms with van der Waals surface area (Å²) in [5.41, 5.74) is 0.961. The molecule has 1 aromatic carbocycles. The lowest BCUT2D eigenvalue weighted by Gasteiger charge is -2.31.